The first-order chi connectivity index (χ1) is 12.3. The Balaban J connectivity index is 1.75. The van der Waals surface area contributed by atoms with Crippen LogP contribution in [0.3, 0.4) is 0 Å². The molecule has 1 unspecified atom stereocenters. The molecule has 1 aliphatic rings. The van der Waals surface area contributed by atoms with Gasteiger partial charge in [-0.1, -0.05) is 24.3 Å². The first kappa shape index (κ1) is 18.6. The molecule has 0 saturated heterocycles. The molecule has 3 rings (SSSR count). The Bertz CT molecular complexity index is 760. The largest absolute Gasteiger partial charge is 0.435 e. The normalized spacial score (nSPS) is 17.2. The molecular formula is C19H18F5NO. The molecule has 0 fully saturated rings. The third kappa shape index (κ3) is 4.33. The summed E-state index contributed by atoms with van der Waals surface area (Å²) >= 11 is 0. The second kappa shape index (κ2) is 7.61. The van der Waals surface area contributed by atoms with E-state index in [2.05, 4.69) is 10.1 Å². The predicted molar refractivity (Wildman–Crippen MR) is 87.0 cm³/mol. The lowest BCUT2D eigenvalue weighted by Crippen LogP contribution is -2.26. The summed E-state index contributed by atoms with van der Waals surface area (Å²) in [5.41, 5.74) is 1.34. The number of rotatable bonds is 5. The van der Waals surface area contributed by atoms with Gasteiger partial charge >= 0.3 is 12.8 Å². The van der Waals surface area contributed by atoms with Crippen molar-refractivity contribution >= 4 is 0 Å². The summed E-state index contributed by atoms with van der Waals surface area (Å²) in [6, 6.07) is 10.1. The van der Waals surface area contributed by atoms with Crippen LogP contribution in [0.5, 0.6) is 5.75 Å². The third-order valence-electron chi connectivity index (χ3n) is 4.52. The number of halogens is 5. The summed E-state index contributed by atoms with van der Waals surface area (Å²) < 4.78 is 68.4. The number of aryl methyl sites for hydroxylation is 1. The molecule has 1 atom stereocenters. The highest BCUT2D eigenvalue weighted by atomic mass is 19.4. The summed E-state index contributed by atoms with van der Waals surface area (Å²) in [6.45, 7) is -2.81. The Labute approximate surface area is 148 Å². The number of ether oxygens (including phenoxy) is 1. The molecule has 0 saturated carbocycles. The zero-order valence-corrected chi connectivity index (χ0v) is 13.8. The van der Waals surface area contributed by atoms with E-state index in [9.17, 15) is 22.0 Å². The molecule has 140 valence electrons. The van der Waals surface area contributed by atoms with E-state index >= 15 is 0 Å². The van der Waals surface area contributed by atoms with E-state index in [-0.39, 0.29) is 23.9 Å². The molecule has 0 spiro atoms. The van der Waals surface area contributed by atoms with Gasteiger partial charge < -0.3 is 10.1 Å². The Morgan fingerprint density at radius 1 is 1.12 bits per heavy atom. The van der Waals surface area contributed by atoms with E-state index in [1.807, 2.05) is 0 Å². The van der Waals surface area contributed by atoms with Crippen LogP contribution in [0.25, 0.3) is 0 Å². The highest BCUT2D eigenvalue weighted by Crippen LogP contribution is 2.35. The van der Waals surface area contributed by atoms with E-state index in [1.54, 1.807) is 18.2 Å². The number of hydrogen-bond acceptors (Lipinski definition) is 2. The monoisotopic (exact) mass is 371 g/mol. The van der Waals surface area contributed by atoms with Crippen molar-refractivity contribution < 1.29 is 26.7 Å². The van der Waals surface area contributed by atoms with Crippen LogP contribution in [-0.2, 0) is 19.1 Å². The fourth-order valence-corrected chi connectivity index (χ4v) is 3.36. The van der Waals surface area contributed by atoms with Crippen molar-refractivity contribution in [3.05, 3.63) is 64.7 Å². The molecule has 2 aromatic carbocycles. The smallest absolute Gasteiger partial charge is 0.416 e. The maximum Gasteiger partial charge on any atom is 0.416 e. The molecule has 1 N–H and O–H groups in total. The zero-order chi connectivity index (χ0) is 18.7. The first-order valence-electron chi connectivity index (χ1n) is 8.30. The molecular weight excluding hydrogens is 353 g/mol. The summed E-state index contributed by atoms with van der Waals surface area (Å²) in [7, 11) is 0. The molecule has 0 amide bonds. The van der Waals surface area contributed by atoms with Gasteiger partial charge in [0, 0.05) is 12.6 Å². The first-order valence-corrected chi connectivity index (χ1v) is 8.30. The van der Waals surface area contributed by atoms with Crippen molar-refractivity contribution in [2.75, 3.05) is 0 Å². The maximum absolute atomic E-state index is 13.1. The van der Waals surface area contributed by atoms with E-state index in [0.717, 1.165) is 36.5 Å². The Morgan fingerprint density at radius 3 is 2.62 bits per heavy atom. The molecule has 7 heteroatoms. The Hall–Kier alpha value is -2.15. The van der Waals surface area contributed by atoms with Crippen molar-refractivity contribution in [2.24, 2.45) is 0 Å². The molecule has 0 aromatic heterocycles. The Morgan fingerprint density at radius 2 is 1.88 bits per heavy atom. The number of hydrogen-bond donors (Lipinski definition) is 1. The lowest BCUT2D eigenvalue weighted by molar-refractivity contribution is -0.138. The van der Waals surface area contributed by atoms with Crippen LogP contribution in [0, 0.1) is 0 Å². The van der Waals surface area contributed by atoms with Crippen molar-refractivity contribution in [1.82, 2.24) is 5.32 Å². The van der Waals surface area contributed by atoms with E-state index in [1.165, 1.54) is 18.2 Å². The predicted octanol–water partition coefficient (Wildman–Crippen LogP) is 5.47. The standard InChI is InChI=1S/C19H18F5NO/c20-18(21)26-14-8-9-15-12(10-14)5-3-7-17(15)25-11-13-4-1-2-6-16(13)19(22,23)24/h1-2,4,6,8-10,17-18,25H,3,5,7,11H2. The highest BCUT2D eigenvalue weighted by molar-refractivity contribution is 5.39. The van der Waals surface area contributed by atoms with Crippen LogP contribution in [-0.4, -0.2) is 6.61 Å². The molecule has 0 aliphatic heterocycles. The van der Waals surface area contributed by atoms with Gasteiger partial charge in [-0.05, 0) is 54.2 Å². The van der Waals surface area contributed by atoms with Crippen LogP contribution in [0.1, 0.15) is 41.1 Å². The molecule has 2 nitrogen and oxygen atoms in total. The minimum atomic E-state index is -4.40. The summed E-state index contributed by atoms with van der Waals surface area (Å²) in [5, 5.41) is 3.18. The van der Waals surface area contributed by atoms with Gasteiger partial charge in [0.05, 0.1) is 5.56 Å². The number of nitrogens with one attached hydrogen (secondary N) is 1. The van der Waals surface area contributed by atoms with Gasteiger partial charge in [0.2, 0.25) is 0 Å². The average Bonchev–Trinajstić information content (AvgIpc) is 2.58. The van der Waals surface area contributed by atoms with E-state index in [0.29, 0.717) is 0 Å². The molecule has 1 aliphatic carbocycles. The molecule has 2 aromatic rings. The van der Waals surface area contributed by atoms with Gasteiger partial charge in [-0.15, -0.1) is 0 Å². The molecule has 0 heterocycles. The van der Waals surface area contributed by atoms with Crippen molar-refractivity contribution in [3.63, 3.8) is 0 Å². The van der Waals surface area contributed by atoms with Crippen LogP contribution >= 0.6 is 0 Å². The second-order valence-corrected chi connectivity index (χ2v) is 6.22. The summed E-state index contributed by atoms with van der Waals surface area (Å²) in [4.78, 5) is 0. The van der Waals surface area contributed by atoms with Crippen molar-refractivity contribution in [2.45, 2.75) is 44.6 Å². The lowest BCUT2D eigenvalue weighted by atomic mass is 9.87. The minimum absolute atomic E-state index is 0.0784. The van der Waals surface area contributed by atoms with Gasteiger partial charge in [0.1, 0.15) is 5.75 Å². The number of alkyl halides is 5. The maximum atomic E-state index is 13.1. The highest BCUT2D eigenvalue weighted by Gasteiger charge is 2.33. The topological polar surface area (TPSA) is 21.3 Å². The van der Waals surface area contributed by atoms with Crippen LogP contribution in [0.4, 0.5) is 22.0 Å². The summed E-state index contributed by atoms with van der Waals surface area (Å²) in [6.07, 6.45) is -2.07. The van der Waals surface area contributed by atoms with E-state index in [4.69, 9.17) is 0 Å². The fraction of sp³-hybridized carbons (Fsp3) is 0.368. The van der Waals surface area contributed by atoms with Gasteiger partial charge in [-0.25, -0.2) is 0 Å². The van der Waals surface area contributed by atoms with Gasteiger partial charge in [-0.3, -0.25) is 0 Å². The van der Waals surface area contributed by atoms with Gasteiger partial charge in [0.15, 0.2) is 0 Å². The van der Waals surface area contributed by atoms with Crippen molar-refractivity contribution in [3.8, 4) is 5.75 Å². The third-order valence-corrected chi connectivity index (χ3v) is 4.52. The number of benzene rings is 2. The summed E-state index contributed by atoms with van der Waals surface area (Å²) in [5.74, 6) is 0.0989. The average molecular weight is 371 g/mol. The van der Waals surface area contributed by atoms with Crippen LogP contribution in [0.2, 0.25) is 0 Å². The Kier molecular flexibility index (Phi) is 5.46. The zero-order valence-electron chi connectivity index (χ0n) is 13.8. The lowest BCUT2D eigenvalue weighted by Gasteiger charge is -2.27. The quantitative estimate of drug-likeness (QED) is 0.704. The van der Waals surface area contributed by atoms with Gasteiger partial charge in [0.25, 0.3) is 0 Å². The van der Waals surface area contributed by atoms with Gasteiger partial charge in [-0.2, -0.15) is 22.0 Å². The molecule has 0 bridgehead atoms. The van der Waals surface area contributed by atoms with Crippen LogP contribution < -0.4 is 10.1 Å². The van der Waals surface area contributed by atoms with Crippen molar-refractivity contribution in [1.29, 1.82) is 0 Å². The molecule has 0 radical (unpaired) electrons. The second-order valence-electron chi connectivity index (χ2n) is 6.22. The SMILES string of the molecule is FC(F)Oc1ccc2c(c1)CCCC2NCc1ccccc1C(F)(F)F. The fourth-order valence-electron chi connectivity index (χ4n) is 3.36. The van der Waals surface area contributed by atoms with Crippen LogP contribution in [0.15, 0.2) is 42.5 Å². The minimum Gasteiger partial charge on any atom is -0.435 e. The van der Waals surface area contributed by atoms with E-state index < -0.39 is 18.4 Å². The number of fused-ring (bicyclic) bond motifs is 1. The molecule has 26 heavy (non-hydrogen) atoms.